The summed E-state index contributed by atoms with van der Waals surface area (Å²) in [5, 5.41) is 0. The fourth-order valence-corrected chi connectivity index (χ4v) is 0.964. The van der Waals surface area contributed by atoms with Crippen LogP contribution < -0.4 is 5.56 Å². The predicted octanol–water partition coefficient (Wildman–Crippen LogP) is 0.479. The Bertz CT molecular complexity index is 306. The van der Waals surface area contributed by atoms with Gasteiger partial charge in [-0.25, -0.2) is 0 Å². The molecule has 0 radical (unpaired) electrons. The monoisotopic (exact) mass is 168 g/mol. The Morgan fingerprint density at radius 2 is 2.42 bits per heavy atom. The minimum Gasteiger partial charge on any atom is -0.378 e. The van der Waals surface area contributed by atoms with Crippen LogP contribution in [0.2, 0.25) is 0 Å². The van der Waals surface area contributed by atoms with Crippen molar-refractivity contribution < 1.29 is 4.74 Å². The number of hydrogen-bond acceptors (Lipinski definition) is 3. The summed E-state index contributed by atoms with van der Waals surface area (Å²) < 4.78 is 4.88. The molecule has 0 bridgehead atoms. The van der Waals surface area contributed by atoms with E-state index >= 15 is 0 Å². The Morgan fingerprint density at radius 1 is 1.67 bits per heavy atom. The first-order valence-electron chi connectivity index (χ1n) is 3.84. The Morgan fingerprint density at radius 3 is 3.00 bits per heavy atom. The van der Waals surface area contributed by atoms with Gasteiger partial charge in [-0.2, -0.15) is 4.98 Å². The summed E-state index contributed by atoms with van der Waals surface area (Å²) in [6, 6.07) is 1.45. The van der Waals surface area contributed by atoms with E-state index in [9.17, 15) is 4.79 Å². The molecule has 0 saturated carbocycles. The van der Waals surface area contributed by atoms with Gasteiger partial charge in [0, 0.05) is 25.3 Å². The van der Waals surface area contributed by atoms with Gasteiger partial charge in [0.15, 0.2) is 0 Å². The number of methoxy groups -OCH3 is 1. The Kier molecular flexibility index (Phi) is 2.99. The zero-order chi connectivity index (χ0) is 8.97. The molecule has 4 heteroatoms. The predicted molar refractivity (Wildman–Crippen MR) is 44.9 cm³/mol. The zero-order valence-corrected chi connectivity index (χ0v) is 7.26. The molecule has 0 aromatic carbocycles. The lowest BCUT2D eigenvalue weighted by molar-refractivity contribution is 0.181. The lowest BCUT2D eigenvalue weighted by Gasteiger charge is -2.01. The van der Waals surface area contributed by atoms with Crippen molar-refractivity contribution in [3.63, 3.8) is 0 Å². The molecule has 0 aliphatic carbocycles. The maximum atomic E-state index is 11.0. The van der Waals surface area contributed by atoms with Crippen LogP contribution in [0.25, 0.3) is 0 Å². The summed E-state index contributed by atoms with van der Waals surface area (Å²) in [7, 11) is 1.59. The van der Waals surface area contributed by atoms with Crippen LogP contribution in [0.4, 0.5) is 0 Å². The summed E-state index contributed by atoms with van der Waals surface area (Å²) in [5.74, 6) is 0.703. The van der Waals surface area contributed by atoms with Crippen LogP contribution in [0.15, 0.2) is 10.9 Å². The Balaban J connectivity index is 2.98. The van der Waals surface area contributed by atoms with Gasteiger partial charge in [0.25, 0.3) is 5.56 Å². The van der Waals surface area contributed by atoms with Crippen molar-refractivity contribution in [1.29, 1.82) is 0 Å². The number of aryl methyl sites for hydroxylation is 1. The third kappa shape index (κ3) is 2.17. The van der Waals surface area contributed by atoms with E-state index in [1.165, 1.54) is 6.07 Å². The quantitative estimate of drug-likeness (QED) is 0.714. The number of nitrogens with one attached hydrogen (secondary N) is 1. The second kappa shape index (κ2) is 4.01. The van der Waals surface area contributed by atoms with Crippen LogP contribution >= 0.6 is 0 Å². The molecule has 1 heterocycles. The largest absolute Gasteiger partial charge is 0.378 e. The standard InChI is InChI=1S/C8H12N2O2/c1-3-7-9-6(5-12-2)4-8(11)10-7/h4H,3,5H2,1-2H3,(H,9,10,11). The molecule has 4 nitrogen and oxygen atoms in total. The van der Waals surface area contributed by atoms with Crippen LogP contribution in [0.3, 0.4) is 0 Å². The molecule has 0 fully saturated rings. The molecule has 0 unspecified atom stereocenters. The van der Waals surface area contributed by atoms with Crippen LogP contribution in [0.5, 0.6) is 0 Å². The maximum absolute atomic E-state index is 11.0. The molecule has 66 valence electrons. The van der Waals surface area contributed by atoms with Gasteiger partial charge in [0.05, 0.1) is 6.61 Å². The molecule has 0 amide bonds. The minimum absolute atomic E-state index is 0.211. The summed E-state index contributed by atoms with van der Waals surface area (Å²) >= 11 is 0. The molecule has 0 spiro atoms. The lowest BCUT2D eigenvalue weighted by atomic mass is 10.4. The molecule has 1 N–H and O–H groups in total. The number of rotatable bonds is 3. The fraction of sp³-hybridized carbons (Fsp3) is 0.500. The zero-order valence-electron chi connectivity index (χ0n) is 7.26. The van der Waals surface area contributed by atoms with Crippen molar-refractivity contribution in [3.8, 4) is 0 Å². The first kappa shape index (κ1) is 8.93. The van der Waals surface area contributed by atoms with Gasteiger partial charge in [-0.3, -0.25) is 4.79 Å². The number of H-pyrrole nitrogens is 1. The number of nitrogens with zero attached hydrogens (tertiary/aromatic N) is 1. The minimum atomic E-state index is -0.211. The van der Waals surface area contributed by atoms with Crippen molar-refractivity contribution in [2.24, 2.45) is 0 Å². The van der Waals surface area contributed by atoms with Gasteiger partial charge in [-0.15, -0.1) is 0 Å². The van der Waals surface area contributed by atoms with Crippen molar-refractivity contribution in [3.05, 3.63) is 27.9 Å². The molecule has 0 atom stereocenters. The van der Waals surface area contributed by atoms with Gasteiger partial charge in [0.2, 0.25) is 0 Å². The summed E-state index contributed by atoms with van der Waals surface area (Å²) in [6.07, 6.45) is 0.729. The molecule has 1 aromatic heterocycles. The summed E-state index contributed by atoms with van der Waals surface area (Å²) in [6.45, 7) is 2.36. The summed E-state index contributed by atoms with van der Waals surface area (Å²) in [4.78, 5) is 17.7. The van der Waals surface area contributed by atoms with E-state index in [1.807, 2.05) is 6.92 Å². The van der Waals surface area contributed by atoms with Crippen molar-refractivity contribution in [2.75, 3.05) is 7.11 Å². The van der Waals surface area contributed by atoms with E-state index in [0.717, 1.165) is 12.1 Å². The van der Waals surface area contributed by atoms with E-state index in [1.54, 1.807) is 7.11 Å². The third-order valence-electron chi connectivity index (χ3n) is 1.48. The molecular formula is C8H12N2O2. The highest BCUT2D eigenvalue weighted by Crippen LogP contribution is 1.94. The van der Waals surface area contributed by atoms with Gasteiger partial charge in [-0.05, 0) is 0 Å². The molecule has 1 rings (SSSR count). The van der Waals surface area contributed by atoms with Crippen molar-refractivity contribution in [1.82, 2.24) is 9.97 Å². The van der Waals surface area contributed by atoms with E-state index in [-0.39, 0.29) is 5.56 Å². The smallest absolute Gasteiger partial charge is 0.273 e. The van der Waals surface area contributed by atoms with Crippen LogP contribution in [0.1, 0.15) is 18.4 Å². The van der Waals surface area contributed by atoms with Gasteiger partial charge >= 0.3 is 0 Å². The van der Waals surface area contributed by atoms with Crippen LogP contribution in [-0.4, -0.2) is 17.1 Å². The van der Waals surface area contributed by atoms with E-state index in [0.29, 0.717) is 12.4 Å². The third-order valence-corrected chi connectivity index (χ3v) is 1.48. The first-order valence-corrected chi connectivity index (χ1v) is 3.84. The van der Waals surface area contributed by atoms with Crippen molar-refractivity contribution in [2.45, 2.75) is 20.0 Å². The number of ether oxygens (including phenoxy) is 1. The fourth-order valence-electron chi connectivity index (χ4n) is 0.964. The average molecular weight is 168 g/mol. The molecular weight excluding hydrogens is 156 g/mol. The highest BCUT2D eigenvalue weighted by atomic mass is 16.5. The lowest BCUT2D eigenvalue weighted by Crippen LogP contribution is -2.12. The highest BCUT2D eigenvalue weighted by molar-refractivity contribution is 5.01. The average Bonchev–Trinajstić information content (AvgIpc) is 2.04. The second-order valence-electron chi connectivity index (χ2n) is 2.48. The number of aromatic amines is 1. The van der Waals surface area contributed by atoms with E-state index in [2.05, 4.69) is 9.97 Å². The van der Waals surface area contributed by atoms with Gasteiger partial charge in [-0.1, -0.05) is 6.92 Å². The molecule has 1 aromatic rings. The molecule has 12 heavy (non-hydrogen) atoms. The molecule has 0 aliphatic rings. The van der Waals surface area contributed by atoms with Crippen molar-refractivity contribution >= 4 is 0 Å². The molecule has 0 aliphatic heterocycles. The van der Waals surface area contributed by atoms with Gasteiger partial charge < -0.3 is 9.72 Å². The van der Waals surface area contributed by atoms with Crippen LogP contribution in [0, 0.1) is 0 Å². The SMILES string of the molecule is CCc1nc(=O)cc(COC)[nH]1. The topological polar surface area (TPSA) is 55.0 Å². The molecule has 0 saturated heterocycles. The number of aromatic nitrogens is 2. The second-order valence-corrected chi connectivity index (χ2v) is 2.48. The van der Waals surface area contributed by atoms with E-state index in [4.69, 9.17) is 4.74 Å². The van der Waals surface area contributed by atoms with Gasteiger partial charge in [0.1, 0.15) is 5.82 Å². The highest BCUT2D eigenvalue weighted by Gasteiger charge is 1.97. The maximum Gasteiger partial charge on any atom is 0.273 e. The number of hydrogen-bond donors (Lipinski definition) is 1. The first-order chi connectivity index (χ1) is 5.76. The van der Waals surface area contributed by atoms with Crippen LogP contribution in [-0.2, 0) is 17.8 Å². The summed E-state index contributed by atoms with van der Waals surface area (Å²) in [5.41, 5.74) is 0.562. The Labute approximate surface area is 70.6 Å². The Hall–Kier alpha value is -1.16. The van der Waals surface area contributed by atoms with E-state index < -0.39 is 0 Å². The normalized spacial score (nSPS) is 10.2.